The molecule has 1 aromatic rings. The van der Waals surface area contributed by atoms with E-state index in [4.69, 9.17) is 10.5 Å². The number of ether oxygens (including phenoxy) is 1. The standard InChI is InChI=1S/C13H18FN3O2/c1-16-7-10-8-17(4-5-19-10)12-3-2-9(13(15)18)6-11(12)14/h2-3,6,10,16H,4-5,7-8H2,1H3,(H2,15,18). The lowest BCUT2D eigenvalue weighted by atomic mass is 10.1. The molecule has 0 aliphatic carbocycles. The van der Waals surface area contributed by atoms with Crippen LogP contribution in [-0.2, 0) is 4.74 Å². The van der Waals surface area contributed by atoms with Crippen molar-refractivity contribution in [3.05, 3.63) is 29.6 Å². The summed E-state index contributed by atoms with van der Waals surface area (Å²) in [4.78, 5) is 12.9. The van der Waals surface area contributed by atoms with Crippen LogP contribution >= 0.6 is 0 Å². The number of morpholine rings is 1. The number of nitrogens with zero attached hydrogens (tertiary/aromatic N) is 1. The maximum atomic E-state index is 14.0. The molecular formula is C13H18FN3O2. The van der Waals surface area contributed by atoms with Crippen molar-refractivity contribution < 1.29 is 13.9 Å². The summed E-state index contributed by atoms with van der Waals surface area (Å²) in [6, 6.07) is 4.32. The van der Waals surface area contributed by atoms with Crippen LogP contribution in [0.5, 0.6) is 0 Å². The lowest BCUT2D eigenvalue weighted by Gasteiger charge is -2.34. The molecule has 19 heavy (non-hydrogen) atoms. The monoisotopic (exact) mass is 267 g/mol. The van der Waals surface area contributed by atoms with E-state index in [1.54, 1.807) is 12.1 Å². The molecule has 1 heterocycles. The zero-order chi connectivity index (χ0) is 13.8. The summed E-state index contributed by atoms with van der Waals surface area (Å²) in [5.41, 5.74) is 5.79. The van der Waals surface area contributed by atoms with Gasteiger partial charge < -0.3 is 20.7 Å². The Labute approximate surface area is 111 Å². The average molecular weight is 267 g/mol. The van der Waals surface area contributed by atoms with Crippen molar-refractivity contribution in [2.45, 2.75) is 6.10 Å². The van der Waals surface area contributed by atoms with E-state index < -0.39 is 11.7 Å². The first-order valence-electron chi connectivity index (χ1n) is 6.22. The fourth-order valence-electron chi connectivity index (χ4n) is 2.21. The highest BCUT2D eigenvalue weighted by molar-refractivity contribution is 5.93. The van der Waals surface area contributed by atoms with Gasteiger partial charge in [-0.3, -0.25) is 4.79 Å². The molecule has 1 amide bonds. The predicted molar refractivity (Wildman–Crippen MR) is 70.8 cm³/mol. The summed E-state index contributed by atoms with van der Waals surface area (Å²) in [6.45, 7) is 2.53. The number of primary amides is 1. The molecule has 0 spiro atoms. The molecule has 0 aromatic heterocycles. The van der Waals surface area contributed by atoms with E-state index in [1.165, 1.54) is 6.07 Å². The van der Waals surface area contributed by atoms with Gasteiger partial charge in [-0.2, -0.15) is 0 Å². The summed E-state index contributed by atoms with van der Waals surface area (Å²) < 4.78 is 19.6. The van der Waals surface area contributed by atoms with E-state index in [9.17, 15) is 9.18 Å². The molecule has 1 aliphatic heterocycles. The van der Waals surface area contributed by atoms with E-state index in [-0.39, 0.29) is 11.7 Å². The fraction of sp³-hybridized carbons (Fsp3) is 0.462. The molecule has 5 nitrogen and oxygen atoms in total. The number of anilines is 1. The predicted octanol–water partition coefficient (Wildman–Crippen LogP) is 0.349. The minimum absolute atomic E-state index is 0.0361. The number of rotatable bonds is 4. The molecule has 1 atom stereocenters. The number of nitrogens with one attached hydrogen (secondary N) is 1. The maximum Gasteiger partial charge on any atom is 0.248 e. The van der Waals surface area contributed by atoms with E-state index in [2.05, 4.69) is 5.32 Å². The van der Waals surface area contributed by atoms with E-state index in [1.807, 2.05) is 11.9 Å². The van der Waals surface area contributed by atoms with Gasteiger partial charge in [-0.1, -0.05) is 0 Å². The Hall–Kier alpha value is -1.66. The number of amides is 1. The average Bonchev–Trinajstić information content (AvgIpc) is 2.39. The van der Waals surface area contributed by atoms with Gasteiger partial charge in [0.15, 0.2) is 0 Å². The smallest absolute Gasteiger partial charge is 0.248 e. The second-order valence-corrected chi connectivity index (χ2v) is 4.53. The highest BCUT2D eigenvalue weighted by atomic mass is 19.1. The summed E-state index contributed by atoms with van der Waals surface area (Å²) in [5.74, 6) is -1.05. The molecule has 104 valence electrons. The largest absolute Gasteiger partial charge is 0.373 e. The molecule has 0 bridgehead atoms. The number of benzene rings is 1. The minimum Gasteiger partial charge on any atom is -0.373 e. The quantitative estimate of drug-likeness (QED) is 0.826. The van der Waals surface area contributed by atoms with Gasteiger partial charge in [0, 0.05) is 25.2 Å². The Balaban J connectivity index is 2.15. The van der Waals surface area contributed by atoms with Crippen LogP contribution in [0.4, 0.5) is 10.1 Å². The maximum absolute atomic E-state index is 14.0. The van der Waals surface area contributed by atoms with Crippen molar-refractivity contribution in [3.63, 3.8) is 0 Å². The molecule has 6 heteroatoms. The lowest BCUT2D eigenvalue weighted by Crippen LogP contribution is -2.46. The molecular weight excluding hydrogens is 249 g/mol. The van der Waals surface area contributed by atoms with Gasteiger partial charge >= 0.3 is 0 Å². The van der Waals surface area contributed by atoms with Crippen LogP contribution in [-0.4, -0.2) is 45.3 Å². The summed E-state index contributed by atoms with van der Waals surface area (Å²) in [7, 11) is 1.85. The van der Waals surface area contributed by atoms with Crippen molar-refractivity contribution in [1.29, 1.82) is 0 Å². The van der Waals surface area contributed by atoms with Crippen LogP contribution in [0.25, 0.3) is 0 Å². The first-order chi connectivity index (χ1) is 9.11. The molecule has 0 saturated carbocycles. The van der Waals surface area contributed by atoms with Crippen LogP contribution in [0.15, 0.2) is 18.2 Å². The fourth-order valence-corrected chi connectivity index (χ4v) is 2.21. The molecule has 3 N–H and O–H groups in total. The Morgan fingerprint density at radius 3 is 3.05 bits per heavy atom. The number of hydrogen-bond donors (Lipinski definition) is 2. The van der Waals surface area contributed by atoms with Gasteiger partial charge in [-0.15, -0.1) is 0 Å². The Morgan fingerprint density at radius 2 is 2.42 bits per heavy atom. The third-order valence-corrected chi connectivity index (χ3v) is 3.14. The molecule has 1 aromatic carbocycles. The Kier molecular flexibility index (Phi) is 4.34. The van der Waals surface area contributed by atoms with Gasteiger partial charge in [0.2, 0.25) is 5.91 Å². The van der Waals surface area contributed by atoms with E-state index >= 15 is 0 Å². The summed E-state index contributed by atoms with van der Waals surface area (Å²) >= 11 is 0. The van der Waals surface area contributed by atoms with E-state index in [0.717, 1.165) is 6.54 Å². The SMILES string of the molecule is CNCC1CN(c2ccc(C(N)=O)cc2F)CCO1. The van der Waals surface area contributed by atoms with Crippen molar-refractivity contribution in [2.24, 2.45) is 5.73 Å². The topological polar surface area (TPSA) is 67.6 Å². The van der Waals surface area contributed by atoms with Crippen LogP contribution in [0.3, 0.4) is 0 Å². The molecule has 0 radical (unpaired) electrons. The third-order valence-electron chi connectivity index (χ3n) is 3.14. The third kappa shape index (κ3) is 3.21. The van der Waals surface area contributed by atoms with Crippen molar-refractivity contribution >= 4 is 11.6 Å². The second-order valence-electron chi connectivity index (χ2n) is 4.53. The molecule has 1 unspecified atom stereocenters. The van der Waals surface area contributed by atoms with Crippen LogP contribution in [0, 0.1) is 5.82 Å². The van der Waals surface area contributed by atoms with Gasteiger partial charge in [-0.25, -0.2) is 4.39 Å². The summed E-state index contributed by atoms with van der Waals surface area (Å²) in [6.07, 6.45) is 0.0361. The first kappa shape index (κ1) is 13.8. The highest BCUT2D eigenvalue weighted by Gasteiger charge is 2.22. The van der Waals surface area contributed by atoms with Gasteiger partial charge in [0.25, 0.3) is 0 Å². The number of hydrogen-bond acceptors (Lipinski definition) is 4. The van der Waals surface area contributed by atoms with E-state index in [0.29, 0.717) is 25.4 Å². The lowest BCUT2D eigenvalue weighted by molar-refractivity contribution is 0.0419. The minimum atomic E-state index is -0.625. The van der Waals surface area contributed by atoms with Gasteiger partial charge in [0.1, 0.15) is 5.82 Å². The van der Waals surface area contributed by atoms with Gasteiger partial charge in [-0.05, 0) is 25.2 Å². The molecule has 2 rings (SSSR count). The van der Waals surface area contributed by atoms with Gasteiger partial charge in [0.05, 0.1) is 18.4 Å². The second kappa shape index (κ2) is 5.99. The van der Waals surface area contributed by atoms with Crippen molar-refractivity contribution in [3.8, 4) is 0 Å². The van der Waals surface area contributed by atoms with Crippen LogP contribution in [0.2, 0.25) is 0 Å². The first-order valence-corrected chi connectivity index (χ1v) is 6.22. The zero-order valence-corrected chi connectivity index (χ0v) is 10.9. The highest BCUT2D eigenvalue weighted by Crippen LogP contribution is 2.22. The number of carbonyl (C=O) groups excluding carboxylic acids is 1. The van der Waals surface area contributed by atoms with Crippen molar-refractivity contribution in [2.75, 3.05) is 38.2 Å². The molecule has 1 saturated heterocycles. The Bertz CT molecular complexity index is 465. The normalized spacial score (nSPS) is 19.5. The Morgan fingerprint density at radius 1 is 1.63 bits per heavy atom. The van der Waals surface area contributed by atoms with Crippen LogP contribution < -0.4 is 16.0 Å². The molecule has 1 aliphatic rings. The van der Waals surface area contributed by atoms with Crippen molar-refractivity contribution in [1.82, 2.24) is 5.32 Å². The number of carbonyl (C=O) groups is 1. The van der Waals surface area contributed by atoms with Crippen LogP contribution in [0.1, 0.15) is 10.4 Å². The summed E-state index contributed by atoms with van der Waals surface area (Å²) in [5, 5.41) is 3.04. The molecule has 1 fully saturated rings. The number of likely N-dealkylation sites (N-methyl/N-ethyl adjacent to an activating group) is 1. The zero-order valence-electron chi connectivity index (χ0n) is 10.9. The number of halogens is 1. The number of nitrogens with two attached hydrogens (primary N) is 1.